The number of rotatable bonds is 5. The summed E-state index contributed by atoms with van der Waals surface area (Å²) in [5.41, 5.74) is 0. The summed E-state index contributed by atoms with van der Waals surface area (Å²) in [6.07, 6.45) is -0.698. The smallest absolute Gasteiger partial charge is 0.332 e. The van der Waals surface area contributed by atoms with Crippen LogP contribution in [0.4, 0.5) is 4.39 Å². The lowest BCUT2D eigenvalue weighted by atomic mass is 10.3. The van der Waals surface area contributed by atoms with E-state index in [-0.39, 0.29) is 13.2 Å². The lowest BCUT2D eigenvalue weighted by Gasteiger charge is -2.05. The quantitative estimate of drug-likeness (QED) is 0.567. The van der Waals surface area contributed by atoms with E-state index >= 15 is 0 Å². The summed E-state index contributed by atoms with van der Waals surface area (Å²) in [7, 11) is 1.38. The zero-order valence-electron chi connectivity index (χ0n) is 6.80. The van der Waals surface area contributed by atoms with E-state index in [1.807, 2.05) is 0 Å². The predicted octanol–water partition coefficient (Wildman–Crippen LogP) is 0.924. The highest BCUT2D eigenvalue weighted by Gasteiger charge is 2.07. The van der Waals surface area contributed by atoms with Crippen molar-refractivity contribution in [3.05, 3.63) is 0 Å². The van der Waals surface area contributed by atoms with Gasteiger partial charge in [-0.1, -0.05) is 6.92 Å². The molecule has 0 aliphatic rings. The summed E-state index contributed by atoms with van der Waals surface area (Å²) in [5, 5.41) is 0. The van der Waals surface area contributed by atoms with Gasteiger partial charge in [-0.2, -0.15) is 0 Å². The van der Waals surface area contributed by atoms with Crippen molar-refractivity contribution in [2.45, 2.75) is 19.5 Å². The van der Waals surface area contributed by atoms with Crippen LogP contribution in [-0.2, 0) is 14.3 Å². The second-order valence-electron chi connectivity index (χ2n) is 2.12. The molecule has 0 spiro atoms. The molecule has 0 amide bonds. The number of carbonyl (C=O) groups is 1. The fraction of sp³-hybridized carbons (Fsp3) is 0.857. The van der Waals surface area contributed by atoms with E-state index < -0.39 is 12.1 Å². The van der Waals surface area contributed by atoms with E-state index in [0.29, 0.717) is 6.42 Å². The van der Waals surface area contributed by atoms with Gasteiger partial charge in [-0.05, 0) is 6.42 Å². The molecule has 0 aliphatic heterocycles. The first-order valence-electron chi connectivity index (χ1n) is 3.49. The minimum absolute atomic E-state index is 0.115. The Labute approximate surface area is 65.5 Å². The SMILES string of the molecule is CCC(F)COC(=O)COC. The van der Waals surface area contributed by atoms with Crippen LogP contribution >= 0.6 is 0 Å². The molecule has 4 heteroatoms. The third-order valence-corrected chi connectivity index (χ3v) is 1.13. The standard InChI is InChI=1S/C7H13FO3/c1-3-6(8)4-11-7(9)5-10-2/h6H,3-5H2,1-2H3. The average Bonchev–Trinajstić information content (AvgIpc) is 2.01. The molecule has 0 fully saturated rings. The van der Waals surface area contributed by atoms with Crippen LogP contribution in [0, 0.1) is 0 Å². The Morgan fingerprint density at radius 3 is 2.73 bits per heavy atom. The van der Waals surface area contributed by atoms with E-state index in [4.69, 9.17) is 0 Å². The molecule has 1 atom stereocenters. The minimum Gasteiger partial charge on any atom is -0.461 e. The Balaban J connectivity index is 3.30. The molecule has 1 unspecified atom stereocenters. The molecule has 0 bridgehead atoms. The van der Waals surface area contributed by atoms with Gasteiger partial charge in [0.1, 0.15) is 19.4 Å². The third kappa shape index (κ3) is 5.79. The first-order valence-corrected chi connectivity index (χ1v) is 3.49. The van der Waals surface area contributed by atoms with Crippen LogP contribution in [0.1, 0.15) is 13.3 Å². The number of halogens is 1. The van der Waals surface area contributed by atoms with Crippen LogP contribution in [0.15, 0.2) is 0 Å². The van der Waals surface area contributed by atoms with Gasteiger partial charge in [-0.15, -0.1) is 0 Å². The van der Waals surface area contributed by atoms with Gasteiger partial charge in [0.15, 0.2) is 0 Å². The largest absolute Gasteiger partial charge is 0.461 e. The zero-order valence-corrected chi connectivity index (χ0v) is 6.80. The second-order valence-corrected chi connectivity index (χ2v) is 2.12. The van der Waals surface area contributed by atoms with Crippen LogP contribution in [0.3, 0.4) is 0 Å². The number of methoxy groups -OCH3 is 1. The second kappa shape index (κ2) is 6.09. The summed E-state index contributed by atoms with van der Waals surface area (Å²) in [5.74, 6) is -0.524. The molecule has 0 N–H and O–H groups in total. The number of carbonyl (C=O) groups excluding carboxylic acids is 1. The first-order chi connectivity index (χ1) is 5.20. The van der Waals surface area contributed by atoms with E-state index in [2.05, 4.69) is 9.47 Å². The highest BCUT2D eigenvalue weighted by atomic mass is 19.1. The first kappa shape index (κ1) is 10.4. The summed E-state index contributed by atoms with van der Waals surface area (Å²) in [6, 6.07) is 0. The molecular formula is C7H13FO3. The van der Waals surface area contributed by atoms with Gasteiger partial charge < -0.3 is 9.47 Å². The van der Waals surface area contributed by atoms with E-state index in [1.54, 1.807) is 6.92 Å². The van der Waals surface area contributed by atoms with E-state index in [1.165, 1.54) is 7.11 Å². The molecule has 0 radical (unpaired) electrons. The van der Waals surface area contributed by atoms with Crippen LogP contribution in [-0.4, -0.2) is 32.5 Å². The summed E-state index contributed by atoms with van der Waals surface area (Å²) in [4.78, 5) is 10.5. The van der Waals surface area contributed by atoms with Crippen molar-refractivity contribution in [3.63, 3.8) is 0 Å². The van der Waals surface area contributed by atoms with Crippen molar-refractivity contribution >= 4 is 5.97 Å². The van der Waals surface area contributed by atoms with Crippen molar-refractivity contribution in [2.75, 3.05) is 20.3 Å². The highest BCUT2D eigenvalue weighted by Crippen LogP contribution is 1.96. The van der Waals surface area contributed by atoms with Crippen molar-refractivity contribution in [3.8, 4) is 0 Å². The van der Waals surface area contributed by atoms with Crippen LogP contribution in [0.25, 0.3) is 0 Å². The molecule has 0 aliphatic carbocycles. The Morgan fingerprint density at radius 2 is 2.27 bits per heavy atom. The molecule has 0 aromatic heterocycles. The molecule has 0 saturated heterocycles. The average molecular weight is 164 g/mol. The number of alkyl halides is 1. The monoisotopic (exact) mass is 164 g/mol. The van der Waals surface area contributed by atoms with Crippen LogP contribution in [0.2, 0.25) is 0 Å². The Kier molecular flexibility index (Phi) is 5.74. The van der Waals surface area contributed by atoms with Gasteiger partial charge in [0.2, 0.25) is 0 Å². The topological polar surface area (TPSA) is 35.5 Å². The molecular weight excluding hydrogens is 151 g/mol. The Morgan fingerprint density at radius 1 is 1.64 bits per heavy atom. The zero-order chi connectivity index (χ0) is 8.69. The number of hydrogen-bond acceptors (Lipinski definition) is 3. The summed E-state index contributed by atoms with van der Waals surface area (Å²) >= 11 is 0. The highest BCUT2D eigenvalue weighted by molar-refractivity contribution is 5.70. The van der Waals surface area contributed by atoms with Gasteiger partial charge in [0.05, 0.1) is 0 Å². The fourth-order valence-corrected chi connectivity index (χ4v) is 0.461. The molecule has 0 rings (SSSR count). The van der Waals surface area contributed by atoms with Crippen molar-refractivity contribution < 1.29 is 18.7 Å². The maximum atomic E-state index is 12.4. The van der Waals surface area contributed by atoms with Gasteiger partial charge in [-0.25, -0.2) is 9.18 Å². The molecule has 0 saturated carbocycles. The van der Waals surface area contributed by atoms with Crippen molar-refractivity contribution in [1.29, 1.82) is 0 Å². The van der Waals surface area contributed by atoms with Gasteiger partial charge in [-0.3, -0.25) is 0 Å². The van der Waals surface area contributed by atoms with E-state index in [9.17, 15) is 9.18 Å². The molecule has 66 valence electrons. The molecule has 0 aromatic carbocycles. The normalized spacial score (nSPS) is 12.6. The molecule has 11 heavy (non-hydrogen) atoms. The van der Waals surface area contributed by atoms with E-state index in [0.717, 1.165) is 0 Å². The van der Waals surface area contributed by atoms with Gasteiger partial charge in [0.25, 0.3) is 0 Å². The third-order valence-electron chi connectivity index (χ3n) is 1.13. The summed E-state index contributed by atoms with van der Waals surface area (Å²) < 4.78 is 21.4. The van der Waals surface area contributed by atoms with Crippen LogP contribution < -0.4 is 0 Å². The fourth-order valence-electron chi connectivity index (χ4n) is 0.461. The van der Waals surface area contributed by atoms with Gasteiger partial charge >= 0.3 is 5.97 Å². The number of esters is 1. The summed E-state index contributed by atoms with van der Waals surface area (Å²) in [6.45, 7) is 1.41. The predicted molar refractivity (Wildman–Crippen MR) is 38.0 cm³/mol. The Hall–Kier alpha value is -0.640. The Bertz CT molecular complexity index is 116. The number of ether oxygens (including phenoxy) is 2. The molecule has 3 nitrogen and oxygen atoms in total. The number of hydrogen-bond donors (Lipinski definition) is 0. The minimum atomic E-state index is -1.06. The maximum Gasteiger partial charge on any atom is 0.332 e. The van der Waals surface area contributed by atoms with Crippen molar-refractivity contribution in [2.24, 2.45) is 0 Å². The lowest BCUT2D eigenvalue weighted by molar-refractivity contribution is -0.149. The van der Waals surface area contributed by atoms with Crippen molar-refractivity contribution in [1.82, 2.24) is 0 Å². The van der Waals surface area contributed by atoms with Gasteiger partial charge in [0, 0.05) is 7.11 Å². The maximum absolute atomic E-state index is 12.4. The van der Waals surface area contributed by atoms with Crippen LogP contribution in [0.5, 0.6) is 0 Å². The molecule has 0 aromatic rings. The molecule has 0 heterocycles. The lowest BCUT2D eigenvalue weighted by Crippen LogP contribution is -2.17.